The van der Waals surface area contributed by atoms with Crippen LogP contribution in [0.25, 0.3) is 0 Å². The van der Waals surface area contributed by atoms with E-state index in [9.17, 15) is 5.11 Å². The van der Waals surface area contributed by atoms with E-state index < -0.39 is 0 Å². The maximum atomic E-state index is 9.93. The summed E-state index contributed by atoms with van der Waals surface area (Å²) in [5.41, 5.74) is 0. The van der Waals surface area contributed by atoms with Gasteiger partial charge in [-0.2, -0.15) is 23.5 Å². The van der Waals surface area contributed by atoms with Crippen LogP contribution in [0.5, 0.6) is 0 Å². The molecule has 1 heterocycles. The minimum atomic E-state index is -0.152. The molecule has 0 aromatic carbocycles. The number of hydrogen-bond donors (Lipinski definition) is 1. The van der Waals surface area contributed by atoms with Crippen molar-refractivity contribution < 1.29 is 5.11 Å². The fourth-order valence-electron chi connectivity index (χ4n) is 1.48. The Kier molecular flexibility index (Phi) is 5.42. The lowest BCUT2D eigenvalue weighted by atomic mass is 10.1. The fraction of sp³-hybridized carbons (Fsp3) is 0.818. The Bertz CT molecular complexity index is 184. The summed E-state index contributed by atoms with van der Waals surface area (Å²) in [5, 5.41) is 11.7. The molecule has 1 aliphatic heterocycles. The SMILES string of the molecule is C=CCCC(O)C1CSC(C)C(C)S1. The summed E-state index contributed by atoms with van der Waals surface area (Å²) in [4.78, 5) is 0. The zero-order valence-electron chi connectivity index (χ0n) is 8.98. The Morgan fingerprint density at radius 2 is 2.21 bits per heavy atom. The van der Waals surface area contributed by atoms with E-state index in [2.05, 4.69) is 20.4 Å². The van der Waals surface area contributed by atoms with Crippen LogP contribution in [-0.4, -0.2) is 32.7 Å². The average Bonchev–Trinajstić information content (AvgIpc) is 2.18. The van der Waals surface area contributed by atoms with Gasteiger partial charge in [0.1, 0.15) is 0 Å². The summed E-state index contributed by atoms with van der Waals surface area (Å²) in [5.74, 6) is 1.09. The maximum Gasteiger partial charge on any atom is 0.0669 e. The molecule has 4 atom stereocenters. The van der Waals surface area contributed by atoms with E-state index in [4.69, 9.17) is 0 Å². The van der Waals surface area contributed by atoms with Gasteiger partial charge in [-0.15, -0.1) is 6.58 Å². The molecular formula is C11H20OS2. The van der Waals surface area contributed by atoms with Crippen LogP contribution in [0.1, 0.15) is 26.7 Å². The molecule has 0 amide bonds. The van der Waals surface area contributed by atoms with Crippen molar-refractivity contribution >= 4 is 23.5 Å². The molecule has 1 rings (SSSR count). The molecule has 0 bridgehead atoms. The number of aliphatic hydroxyl groups is 1. The van der Waals surface area contributed by atoms with E-state index in [0.717, 1.165) is 23.8 Å². The molecule has 82 valence electrons. The Balaban J connectivity index is 2.34. The summed E-state index contributed by atoms with van der Waals surface area (Å²) < 4.78 is 0. The van der Waals surface area contributed by atoms with Crippen LogP contribution in [-0.2, 0) is 0 Å². The summed E-state index contributed by atoms with van der Waals surface area (Å²) in [6.07, 6.45) is 3.52. The Morgan fingerprint density at radius 3 is 2.79 bits per heavy atom. The summed E-state index contributed by atoms with van der Waals surface area (Å²) in [7, 11) is 0. The van der Waals surface area contributed by atoms with E-state index in [0.29, 0.717) is 10.5 Å². The monoisotopic (exact) mass is 232 g/mol. The molecule has 0 aromatic heterocycles. The molecule has 0 radical (unpaired) electrons. The van der Waals surface area contributed by atoms with Crippen molar-refractivity contribution in [2.75, 3.05) is 5.75 Å². The van der Waals surface area contributed by atoms with Crippen LogP contribution in [0.15, 0.2) is 12.7 Å². The van der Waals surface area contributed by atoms with Crippen molar-refractivity contribution in [2.24, 2.45) is 0 Å². The zero-order valence-corrected chi connectivity index (χ0v) is 10.6. The van der Waals surface area contributed by atoms with Crippen molar-refractivity contribution in [1.82, 2.24) is 0 Å². The number of rotatable bonds is 4. The van der Waals surface area contributed by atoms with E-state index in [-0.39, 0.29) is 6.10 Å². The highest BCUT2D eigenvalue weighted by atomic mass is 32.2. The molecule has 14 heavy (non-hydrogen) atoms. The van der Waals surface area contributed by atoms with E-state index >= 15 is 0 Å². The second-order valence-corrected chi connectivity index (χ2v) is 6.88. The van der Waals surface area contributed by atoms with Crippen molar-refractivity contribution in [3.8, 4) is 0 Å². The molecule has 0 saturated carbocycles. The topological polar surface area (TPSA) is 20.2 Å². The van der Waals surface area contributed by atoms with Gasteiger partial charge in [0.2, 0.25) is 0 Å². The van der Waals surface area contributed by atoms with Crippen LogP contribution < -0.4 is 0 Å². The van der Waals surface area contributed by atoms with Gasteiger partial charge in [-0.25, -0.2) is 0 Å². The normalized spacial score (nSPS) is 35.2. The third kappa shape index (κ3) is 3.52. The van der Waals surface area contributed by atoms with E-state index in [1.54, 1.807) is 0 Å². The molecule has 4 unspecified atom stereocenters. The van der Waals surface area contributed by atoms with Gasteiger partial charge in [0, 0.05) is 21.5 Å². The third-order valence-corrected chi connectivity index (χ3v) is 6.21. The predicted octanol–water partition coefficient (Wildman–Crippen LogP) is 2.94. The van der Waals surface area contributed by atoms with Gasteiger partial charge in [-0.3, -0.25) is 0 Å². The third-order valence-electron chi connectivity index (χ3n) is 2.67. The second kappa shape index (κ2) is 6.09. The first-order valence-electron chi connectivity index (χ1n) is 5.21. The van der Waals surface area contributed by atoms with Gasteiger partial charge in [0.05, 0.1) is 6.10 Å². The van der Waals surface area contributed by atoms with Gasteiger partial charge >= 0.3 is 0 Å². The molecule has 3 heteroatoms. The first-order chi connectivity index (χ1) is 6.65. The highest BCUT2D eigenvalue weighted by Crippen LogP contribution is 2.37. The van der Waals surface area contributed by atoms with Crippen LogP contribution in [0.4, 0.5) is 0 Å². The molecule has 0 spiro atoms. The van der Waals surface area contributed by atoms with Crippen LogP contribution in [0, 0.1) is 0 Å². The van der Waals surface area contributed by atoms with Crippen molar-refractivity contribution in [3.05, 3.63) is 12.7 Å². The summed E-state index contributed by atoms with van der Waals surface area (Å²) >= 11 is 3.94. The van der Waals surface area contributed by atoms with Gasteiger partial charge in [0.15, 0.2) is 0 Å². The highest BCUT2D eigenvalue weighted by molar-refractivity contribution is 8.07. The maximum absolute atomic E-state index is 9.93. The van der Waals surface area contributed by atoms with Crippen molar-refractivity contribution in [3.63, 3.8) is 0 Å². The Hall–Kier alpha value is 0.400. The van der Waals surface area contributed by atoms with Crippen LogP contribution in [0.2, 0.25) is 0 Å². The first-order valence-corrected chi connectivity index (χ1v) is 7.20. The number of thioether (sulfide) groups is 2. The number of allylic oxidation sites excluding steroid dienone is 1. The van der Waals surface area contributed by atoms with Gasteiger partial charge in [0.25, 0.3) is 0 Å². The first kappa shape index (κ1) is 12.5. The number of hydrogen-bond acceptors (Lipinski definition) is 3. The lowest BCUT2D eigenvalue weighted by molar-refractivity contribution is 0.168. The lowest BCUT2D eigenvalue weighted by Crippen LogP contribution is -2.34. The van der Waals surface area contributed by atoms with Crippen molar-refractivity contribution in [2.45, 2.75) is 48.5 Å². The van der Waals surface area contributed by atoms with Crippen LogP contribution >= 0.6 is 23.5 Å². The molecule has 1 saturated heterocycles. The second-order valence-electron chi connectivity index (χ2n) is 3.85. The largest absolute Gasteiger partial charge is 0.392 e. The molecule has 1 N–H and O–H groups in total. The molecule has 0 aliphatic carbocycles. The summed E-state index contributed by atoms with van der Waals surface area (Å²) in [6.45, 7) is 8.21. The zero-order chi connectivity index (χ0) is 10.6. The number of aliphatic hydroxyl groups excluding tert-OH is 1. The quantitative estimate of drug-likeness (QED) is 0.753. The standard InChI is InChI=1S/C11H20OS2/c1-4-5-6-10(12)11-7-13-8(2)9(3)14-11/h4,8-12H,1,5-7H2,2-3H3. The molecule has 0 aromatic rings. The molecule has 1 aliphatic rings. The average molecular weight is 232 g/mol. The van der Waals surface area contributed by atoms with E-state index in [1.807, 2.05) is 29.6 Å². The minimum Gasteiger partial charge on any atom is -0.392 e. The van der Waals surface area contributed by atoms with E-state index in [1.165, 1.54) is 0 Å². The van der Waals surface area contributed by atoms with Gasteiger partial charge in [-0.05, 0) is 12.8 Å². The predicted molar refractivity (Wildman–Crippen MR) is 68.2 cm³/mol. The van der Waals surface area contributed by atoms with Gasteiger partial charge in [-0.1, -0.05) is 19.9 Å². The smallest absolute Gasteiger partial charge is 0.0669 e. The van der Waals surface area contributed by atoms with Crippen LogP contribution in [0.3, 0.4) is 0 Å². The van der Waals surface area contributed by atoms with Gasteiger partial charge < -0.3 is 5.11 Å². The molecular weight excluding hydrogens is 212 g/mol. The minimum absolute atomic E-state index is 0.152. The van der Waals surface area contributed by atoms with Crippen molar-refractivity contribution in [1.29, 1.82) is 0 Å². The fourth-order valence-corrected chi connectivity index (χ4v) is 4.54. The Morgan fingerprint density at radius 1 is 1.50 bits per heavy atom. The highest BCUT2D eigenvalue weighted by Gasteiger charge is 2.29. The Labute approximate surface area is 95.7 Å². The summed E-state index contributed by atoms with van der Waals surface area (Å²) in [6, 6.07) is 0. The molecule has 1 fully saturated rings. The lowest BCUT2D eigenvalue weighted by Gasteiger charge is -2.33. The molecule has 1 nitrogen and oxygen atoms in total.